The number of anilines is 1. The van der Waals surface area contributed by atoms with Crippen LogP contribution in [-0.4, -0.2) is 102 Å². The number of carbonyl (C=O) groups excluding carboxylic acids is 2. The van der Waals surface area contributed by atoms with E-state index >= 15 is 0 Å². The van der Waals surface area contributed by atoms with Crippen molar-refractivity contribution in [3.05, 3.63) is 95.8 Å². The van der Waals surface area contributed by atoms with Crippen LogP contribution in [0.2, 0.25) is 0 Å². The van der Waals surface area contributed by atoms with Gasteiger partial charge >= 0.3 is 6.03 Å². The van der Waals surface area contributed by atoms with E-state index in [1.165, 1.54) is 5.56 Å². The molecule has 0 radical (unpaired) electrons. The topological polar surface area (TPSA) is 117 Å². The van der Waals surface area contributed by atoms with Gasteiger partial charge in [0.05, 0.1) is 24.0 Å². The summed E-state index contributed by atoms with van der Waals surface area (Å²) in [5, 5.41) is 14.5. The van der Waals surface area contributed by atoms with E-state index in [0.717, 1.165) is 68.9 Å². The van der Waals surface area contributed by atoms with Crippen molar-refractivity contribution in [3.8, 4) is 16.9 Å². The van der Waals surface area contributed by atoms with Crippen LogP contribution in [-0.2, 0) is 4.74 Å². The average Bonchev–Trinajstić information content (AvgIpc) is 3.68. The van der Waals surface area contributed by atoms with Crippen LogP contribution < -0.4 is 16.0 Å². The van der Waals surface area contributed by atoms with Gasteiger partial charge in [-0.1, -0.05) is 55.5 Å². The minimum Gasteiger partial charge on any atom is -0.383 e. The molecular weight excluding hydrogens is 604 g/mol. The SMILES string of the molecule is CCN1CCC(NC(=O)c2cc(-c3nn(-c4ccccc4)c(NC(=O)N[C@@H]4CN(CCOC)C[C@H]4c4ccccc4)c3C)ccn2)CC1. The van der Waals surface area contributed by atoms with E-state index in [4.69, 9.17) is 9.84 Å². The fraction of sp³-hybridized carbons (Fsp3) is 0.405. The predicted molar refractivity (Wildman–Crippen MR) is 188 cm³/mol. The number of para-hydroxylation sites is 1. The lowest BCUT2D eigenvalue weighted by Crippen LogP contribution is -2.44. The number of rotatable bonds is 11. The van der Waals surface area contributed by atoms with E-state index in [-0.39, 0.29) is 29.9 Å². The van der Waals surface area contributed by atoms with Crippen LogP contribution in [0.4, 0.5) is 10.6 Å². The molecule has 0 saturated carbocycles. The molecule has 2 atom stereocenters. The lowest BCUT2D eigenvalue weighted by Gasteiger charge is -2.31. The van der Waals surface area contributed by atoms with Crippen molar-refractivity contribution in [1.82, 2.24) is 35.2 Å². The smallest absolute Gasteiger partial charge is 0.320 e. The average molecular weight is 651 g/mol. The molecular formula is C37H46N8O3. The zero-order valence-electron chi connectivity index (χ0n) is 28.1. The van der Waals surface area contributed by atoms with Gasteiger partial charge in [0.25, 0.3) is 5.91 Å². The summed E-state index contributed by atoms with van der Waals surface area (Å²) in [6.45, 7) is 10.1. The molecule has 2 aromatic carbocycles. The first-order valence-corrected chi connectivity index (χ1v) is 16.9. The number of methoxy groups -OCH3 is 1. The van der Waals surface area contributed by atoms with Gasteiger partial charge in [-0.15, -0.1) is 0 Å². The quantitative estimate of drug-likeness (QED) is 0.216. The number of nitrogens with one attached hydrogen (secondary N) is 3. The van der Waals surface area contributed by atoms with Gasteiger partial charge in [-0.2, -0.15) is 5.10 Å². The predicted octanol–water partition coefficient (Wildman–Crippen LogP) is 4.69. The molecule has 4 heterocycles. The second kappa shape index (κ2) is 15.5. The van der Waals surface area contributed by atoms with E-state index in [2.05, 4.69) is 49.8 Å². The van der Waals surface area contributed by atoms with Crippen molar-refractivity contribution in [2.24, 2.45) is 0 Å². The number of hydrogen-bond donors (Lipinski definition) is 3. The van der Waals surface area contributed by atoms with E-state index in [0.29, 0.717) is 23.8 Å². The summed E-state index contributed by atoms with van der Waals surface area (Å²) < 4.78 is 7.08. The Morgan fingerprint density at radius 3 is 2.38 bits per heavy atom. The van der Waals surface area contributed by atoms with E-state index < -0.39 is 0 Å². The summed E-state index contributed by atoms with van der Waals surface area (Å²) in [5.41, 5.74) is 4.54. The first kappa shape index (κ1) is 33.3. The van der Waals surface area contributed by atoms with E-state index in [1.807, 2.05) is 61.5 Å². The number of nitrogens with zero attached hydrogens (tertiary/aromatic N) is 5. The Kier molecular flexibility index (Phi) is 10.8. The number of aromatic nitrogens is 3. The molecule has 0 unspecified atom stereocenters. The molecule has 3 N–H and O–H groups in total. The van der Waals surface area contributed by atoms with Gasteiger partial charge in [-0.05, 0) is 56.1 Å². The van der Waals surface area contributed by atoms with Gasteiger partial charge in [0.2, 0.25) is 0 Å². The van der Waals surface area contributed by atoms with Crippen molar-refractivity contribution in [2.45, 2.75) is 44.7 Å². The van der Waals surface area contributed by atoms with Crippen molar-refractivity contribution in [2.75, 3.05) is 58.3 Å². The molecule has 48 heavy (non-hydrogen) atoms. The lowest BCUT2D eigenvalue weighted by atomic mass is 9.94. The Morgan fingerprint density at radius 2 is 1.67 bits per heavy atom. The molecule has 2 fully saturated rings. The minimum absolute atomic E-state index is 0.0902. The van der Waals surface area contributed by atoms with Crippen LogP contribution in [0.1, 0.15) is 47.3 Å². The molecule has 11 nitrogen and oxygen atoms in total. The monoisotopic (exact) mass is 650 g/mol. The van der Waals surface area contributed by atoms with Gasteiger partial charge in [0.1, 0.15) is 11.5 Å². The highest BCUT2D eigenvalue weighted by molar-refractivity contribution is 5.94. The standard InChI is InChI=1S/C37H46N8O3/c1-4-43-19-16-29(17-20-43)39-36(46)32-23-28(15-18-38-32)34-26(2)35(45(42-34)30-13-9-6-10-14-30)41-37(47)40-33-25-44(21-22-48-3)24-31(33)27-11-7-5-8-12-27/h5-15,18,23,29,31,33H,4,16-17,19-22,24-25H2,1-3H3,(H,39,46)(H2,40,41,47)/t31-,33+/m0/s1. The summed E-state index contributed by atoms with van der Waals surface area (Å²) in [6.07, 6.45) is 3.49. The van der Waals surface area contributed by atoms with Crippen LogP contribution in [0.5, 0.6) is 0 Å². The summed E-state index contributed by atoms with van der Waals surface area (Å²) in [5.74, 6) is 0.517. The zero-order chi connectivity index (χ0) is 33.5. The van der Waals surface area contributed by atoms with Crippen molar-refractivity contribution < 1.29 is 14.3 Å². The maximum atomic E-state index is 13.7. The minimum atomic E-state index is -0.301. The second-order valence-corrected chi connectivity index (χ2v) is 12.7. The number of benzene rings is 2. The van der Waals surface area contributed by atoms with Gasteiger partial charge in [0, 0.05) is 69.1 Å². The van der Waals surface area contributed by atoms with Crippen LogP contribution in [0.3, 0.4) is 0 Å². The van der Waals surface area contributed by atoms with E-state index in [1.54, 1.807) is 24.1 Å². The van der Waals surface area contributed by atoms with Gasteiger partial charge in [-0.3, -0.25) is 20.0 Å². The summed E-state index contributed by atoms with van der Waals surface area (Å²) >= 11 is 0. The number of ether oxygens (including phenoxy) is 1. The summed E-state index contributed by atoms with van der Waals surface area (Å²) in [6, 6.07) is 23.4. The molecule has 6 rings (SSSR count). The molecule has 2 aromatic heterocycles. The third-order valence-corrected chi connectivity index (χ3v) is 9.54. The Balaban J connectivity index is 1.23. The largest absolute Gasteiger partial charge is 0.383 e. The molecule has 252 valence electrons. The van der Waals surface area contributed by atoms with Gasteiger partial charge in [-0.25, -0.2) is 9.48 Å². The highest BCUT2D eigenvalue weighted by Crippen LogP contribution is 2.32. The maximum absolute atomic E-state index is 13.7. The first-order chi connectivity index (χ1) is 23.4. The molecule has 2 aliphatic heterocycles. The molecule has 4 aromatic rings. The first-order valence-electron chi connectivity index (χ1n) is 16.9. The Labute approximate surface area is 282 Å². The number of piperidine rings is 1. The van der Waals surface area contributed by atoms with Crippen molar-refractivity contribution in [1.29, 1.82) is 0 Å². The Hall–Kier alpha value is -4.58. The molecule has 3 amide bonds. The van der Waals surface area contributed by atoms with Gasteiger partial charge in [0.15, 0.2) is 0 Å². The number of urea groups is 1. The van der Waals surface area contributed by atoms with Crippen LogP contribution in [0.15, 0.2) is 79.0 Å². The van der Waals surface area contributed by atoms with Crippen LogP contribution >= 0.6 is 0 Å². The fourth-order valence-electron chi connectivity index (χ4n) is 6.81. The molecule has 11 heteroatoms. The number of carbonyl (C=O) groups is 2. The number of likely N-dealkylation sites (tertiary alicyclic amines) is 2. The summed E-state index contributed by atoms with van der Waals surface area (Å²) in [7, 11) is 1.71. The van der Waals surface area contributed by atoms with Crippen LogP contribution in [0, 0.1) is 6.92 Å². The highest BCUT2D eigenvalue weighted by atomic mass is 16.5. The molecule has 2 aliphatic rings. The molecule has 0 aliphatic carbocycles. The number of pyridine rings is 1. The molecule has 0 spiro atoms. The van der Waals surface area contributed by atoms with E-state index in [9.17, 15) is 9.59 Å². The van der Waals surface area contributed by atoms with Gasteiger partial charge < -0.3 is 20.3 Å². The zero-order valence-corrected chi connectivity index (χ0v) is 28.1. The van der Waals surface area contributed by atoms with Crippen molar-refractivity contribution in [3.63, 3.8) is 0 Å². The third-order valence-electron chi connectivity index (χ3n) is 9.54. The number of hydrogen-bond acceptors (Lipinski definition) is 7. The second-order valence-electron chi connectivity index (χ2n) is 12.7. The maximum Gasteiger partial charge on any atom is 0.320 e. The Morgan fingerprint density at radius 1 is 0.938 bits per heavy atom. The fourth-order valence-corrected chi connectivity index (χ4v) is 6.81. The highest BCUT2D eigenvalue weighted by Gasteiger charge is 2.35. The Bertz CT molecular complexity index is 1670. The summed E-state index contributed by atoms with van der Waals surface area (Å²) in [4.78, 5) is 36.1. The third kappa shape index (κ3) is 7.75. The van der Waals surface area contributed by atoms with Crippen LogP contribution in [0.25, 0.3) is 16.9 Å². The lowest BCUT2D eigenvalue weighted by molar-refractivity contribution is 0.0907. The molecule has 0 bridgehead atoms. The normalized spacial score (nSPS) is 18.9. The molecule has 2 saturated heterocycles. The van der Waals surface area contributed by atoms with Crippen molar-refractivity contribution >= 4 is 17.8 Å². The number of amides is 3.